The predicted octanol–water partition coefficient (Wildman–Crippen LogP) is 1.54. The van der Waals surface area contributed by atoms with Gasteiger partial charge in [-0.05, 0) is 79.5 Å². The molecule has 390 valence electrons. The molecule has 0 bridgehead atoms. The number of carbonyl (C=O) groups excluding carboxylic acids is 7. The smallest absolute Gasteiger partial charge is 0.246 e. The van der Waals surface area contributed by atoms with Crippen molar-refractivity contribution in [2.24, 2.45) is 50.0 Å². The minimum atomic E-state index is -1.21. The number of likely N-dealkylation sites (tertiary alicyclic amines) is 1. The number of primary amides is 1. The van der Waals surface area contributed by atoms with E-state index in [9.17, 15) is 28.8 Å². The highest BCUT2D eigenvalue weighted by atomic mass is 35.5. The molecule has 0 unspecified atom stereocenters. The molecule has 2 aliphatic rings. The van der Waals surface area contributed by atoms with E-state index in [0.29, 0.717) is 29.8 Å². The van der Waals surface area contributed by atoms with Crippen molar-refractivity contribution >= 4 is 64.9 Å². The van der Waals surface area contributed by atoms with Crippen molar-refractivity contribution in [1.82, 2.24) is 31.5 Å². The second-order valence-corrected chi connectivity index (χ2v) is 20.2. The molecule has 0 radical (unpaired) electrons. The summed E-state index contributed by atoms with van der Waals surface area (Å²) in [5.74, 6) is -4.35. The van der Waals surface area contributed by atoms with Gasteiger partial charge in [0.2, 0.25) is 41.4 Å². The minimum absolute atomic E-state index is 0.0501. The lowest BCUT2D eigenvalue weighted by Crippen LogP contribution is -2.62. The average Bonchev–Trinajstić information content (AvgIpc) is 3.78. The van der Waals surface area contributed by atoms with Crippen LogP contribution in [-0.4, -0.2) is 114 Å². The highest BCUT2D eigenvalue weighted by molar-refractivity contribution is 6.30. The normalized spacial score (nSPS) is 18.1. The number of aliphatic imine (C=N–C) groups is 2. The molecule has 1 aliphatic carbocycles. The fourth-order valence-corrected chi connectivity index (χ4v) is 9.52. The summed E-state index contributed by atoms with van der Waals surface area (Å²) in [6.07, 6.45) is 6.68. The van der Waals surface area contributed by atoms with Gasteiger partial charge in [0.25, 0.3) is 0 Å². The fraction of sp³-hybridized carbons (Fsp3) is 0.580. The van der Waals surface area contributed by atoms with Gasteiger partial charge in [0.05, 0.1) is 0 Å². The lowest BCUT2D eigenvalue weighted by molar-refractivity contribution is -0.146. The Labute approximate surface area is 422 Å². The number of guanidine groups is 2. The minimum Gasteiger partial charge on any atom is -0.370 e. The number of amides is 7. The van der Waals surface area contributed by atoms with Gasteiger partial charge in [0.15, 0.2) is 11.9 Å². The molecule has 7 atom stereocenters. The summed E-state index contributed by atoms with van der Waals surface area (Å²) >= 11 is 6.06. The molecule has 2 aromatic carbocycles. The van der Waals surface area contributed by atoms with E-state index in [1.165, 1.54) is 11.8 Å². The van der Waals surface area contributed by atoms with Gasteiger partial charge in [-0.1, -0.05) is 107 Å². The van der Waals surface area contributed by atoms with Gasteiger partial charge < -0.3 is 60.2 Å². The van der Waals surface area contributed by atoms with Crippen molar-refractivity contribution in [3.05, 3.63) is 70.7 Å². The summed E-state index contributed by atoms with van der Waals surface area (Å²) < 4.78 is 0. The lowest BCUT2D eigenvalue weighted by Gasteiger charge is -2.40. The van der Waals surface area contributed by atoms with Crippen LogP contribution in [0.4, 0.5) is 0 Å². The number of rotatable bonds is 25. The third kappa shape index (κ3) is 19.0. The van der Waals surface area contributed by atoms with Crippen LogP contribution >= 0.6 is 11.6 Å². The Kier molecular flexibility index (Phi) is 22.4. The lowest BCUT2D eigenvalue weighted by atomic mass is 9.84. The van der Waals surface area contributed by atoms with Gasteiger partial charge in [-0.15, -0.1) is 0 Å². The first-order chi connectivity index (χ1) is 33.6. The highest BCUT2D eigenvalue weighted by Gasteiger charge is 2.48. The molecule has 0 spiro atoms. The van der Waals surface area contributed by atoms with Crippen LogP contribution in [0, 0.1) is 11.3 Å². The number of hydrogen-bond acceptors (Lipinski definition) is 9. The molecule has 2 fully saturated rings. The van der Waals surface area contributed by atoms with Gasteiger partial charge in [-0.2, -0.15) is 0 Å². The molecule has 4 rings (SSSR count). The van der Waals surface area contributed by atoms with E-state index in [-0.39, 0.29) is 69.5 Å². The molecule has 1 saturated carbocycles. The summed E-state index contributed by atoms with van der Waals surface area (Å²) in [5.41, 5.74) is 28.7. The van der Waals surface area contributed by atoms with Gasteiger partial charge in [0, 0.05) is 43.9 Å². The van der Waals surface area contributed by atoms with Crippen LogP contribution in [0.2, 0.25) is 5.02 Å². The molecule has 21 heteroatoms. The second-order valence-electron chi connectivity index (χ2n) is 19.8. The molecule has 2 aromatic rings. The Bertz CT molecular complexity index is 2170. The molecular formula is C50H76ClN13O7. The monoisotopic (exact) mass is 1010 g/mol. The first-order valence-electron chi connectivity index (χ1n) is 24.6. The second kappa shape index (κ2) is 27.8. The SMILES string of the molecule is CC(=O)N[C@@H](CCCN=C(N)N)C(=O)N[C@H](CC1CCCCC1)C(=O)N[C@@H](Cc1ccccc1)C(=O)N1[C@H](C(=O)N[C@H](CCCN=C(N)N)C(=O)N[C@H](Cc2ccc(Cl)cc2)C(N)=O)CC[C@@H]1C(C)(C)C. The van der Waals surface area contributed by atoms with Crippen molar-refractivity contribution in [2.45, 2.75) is 160 Å². The fourth-order valence-electron chi connectivity index (χ4n) is 9.40. The first-order valence-corrected chi connectivity index (χ1v) is 25.0. The molecule has 1 heterocycles. The van der Waals surface area contributed by atoms with Crippen LogP contribution in [0.3, 0.4) is 0 Å². The summed E-state index contributed by atoms with van der Waals surface area (Å²) in [6.45, 7) is 7.56. The Morgan fingerprint density at radius 2 is 1.14 bits per heavy atom. The molecule has 7 amide bonds. The Balaban J connectivity index is 1.67. The number of nitrogens with one attached hydrogen (secondary N) is 5. The van der Waals surface area contributed by atoms with Crippen molar-refractivity contribution in [3.8, 4) is 0 Å². The number of benzene rings is 2. The zero-order valence-electron chi connectivity index (χ0n) is 41.6. The number of nitrogens with two attached hydrogens (primary N) is 5. The number of hydrogen-bond donors (Lipinski definition) is 10. The van der Waals surface area contributed by atoms with E-state index in [1.807, 2.05) is 51.1 Å². The Morgan fingerprint density at radius 3 is 1.68 bits per heavy atom. The van der Waals surface area contributed by atoms with Crippen molar-refractivity contribution in [1.29, 1.82) is 0 Å². The third-order valence-electron chi connectivity index (χ3n) is 13.0. The Morgan fingerprint density at radius 1 is 0.634 bits per heavy atom. The summed E-state index contributed by atoms with van der Waals surface area (Å²) in [7, 11) is 0. The zero-order valence-corrected chi connectivity index (χ0v) is 42.3. The van der Waals surface area contributed by atoms with Crippen molar-refractivity contribution in [2.75, 3.05) is 13.1 Å². The van der Waals surface area contributed by atoms with Gasteiger partial charge >= 0.3 is 0 Å². The molecule has 1 aliphatic heterocycles. The molecule has 71 heavy (non-hydrogen) atoms. The summed E-state index contributed by atoms with van der Waals surface area (Å²) in [4.78, 5) is 107. The van der Waals surface area contributed by atoms with E-state index >= 15 is 4.79 Å². The molecule has 15 N–H and O–H groups in total. The van der Waals surface area contributed by atoms with Crippen molar-refractivity contribution in [3.63, 3.8) is 0 Å². The maximum atomic E-state index is 15.4. The van der Waals surface area contributed by atoms with E-state index in [4.69, 9.17) is 40.3 Å². The zero-order chi connectivity index (χ0) is 52.3. The van der Waals surface area contributed by atoms with Gasteiger partial charge in [-0.3, -0.25) is 43.5 Å². The Hall–Kier alpha value is -6.44. The van der Waals surface area contributed by atoms with Crippen molar-refractivity contribution < 1.29 is 33.6 Å². The summed E-state index contributed by atoms with van der Waals surface area (Å²) in [5, 5.41) is 14.7. The van der Waals surface area contributed by atoms with E-state index in [2.05, 4.69) is 36.6 Å². The van der Waals surface area contributed by atoms with E-state index in [1.54, 1.807) is 24.3 Å². The number of carbonyl (C=O) groups is 7. The van der Waals surface area contributed by atoms with Crippen LogP contribution in [0.15, 0.2) is 64.6 Å². The van der Waals surface area contributed by atoms with Gasteiger partial charge in [-0.25, -0.2) is 0 Å². The van der Waals surface area contributed by atoms with Gasteiger partial charge in [0.1, 0.15) is 36.3 Å². The maximum absolute atomic E-state index is 15.4. The summed E-state index contributed by atoms with van der Waals surface area (Å²) in [6, 6.07) is 8.68. The first kappa shape index (κ1) is 57.1. The molecule has 20 nitrogen and oxygen atoms in total. The van der Waals surface area contributed by atoms with Crippen LogP contribution in [-0.2, 0) is 46.4 Å². The largest absolute Gasteiger partial charge is 0.370 e. The predicted molar refractivity (Wildman–Crippen MR) is 274 cm³/mol. The highest BCUT2D eigenvalue weighted by Crippen LogP contribution is 2.37. The van der Waals surface area contributed by atoms with Crippen LogP contribution < -0.4 is 55.3 Å². The quantitative estimate of drug-likeness (QED) is 0.0386. The van der Waals surface area contributed by atoms with E-state index in [0.717, 1.165) is 37.7 Å². The molecule has 1 saturated heterocycles. The average molecular weight is 1010 g/mol. The molecular weight excluding hydrogens is 930 g/mol. The number of halogens is 1. The van der Waals surface area contributed by atoms with Crippen LogP contribution in [0.5, 0.6) is 0 Å². The third-order valence-corrected chi connectivity index (χ3v) is 13.2. The van der Waals surface area contributed by atoms with Crippen LogP contribution in [0.25, 0.3) is 0 Å². The van der Waals surface area contributed by atoms with Crippen LogP contribution in [0.1, 0.15) is 116 Å². The molecule has 0 aromatic heterocycles. The topological polar surface area (TPSA) is 338 Å². The van der Waals surface area contributed by atoms with E-state index < -0.39 is 89.1 Å². The standard InChI is InChI=1S/C50H76ClN13O7/c1-30(65)59-35(17-11-25-57-48(53)54)43(67)62-38(28-31-13-7-5-8-14-31)45(69)63-39(29-32-15-9-6-10-16-32)47(71)64-40(23-24-41(64)50(2,3)4)46(70)60-36(18-12-26-58-49(55)56)44(68)61-37(42(52)66)27-33-19-21-34(51)22-20-33/h6,9-10,15-16,19-22,31,35-41H,5,7-8,11-14,17-18,23-29H2,1-4H3,(H2,52,66)(H,59,65)(H,60,70)(H,61,68)(H,62,67)(H,63,69)(H4,53,54,57)(H4,55,56,58)/t35-,36+,37+,38+,39-,40-,41+/m0/s1. The number of nitrogens with zero attached hydrogens (tertiary/aromatic N) is 3. The maximum Gasteiger partial charge on any atom is 0.246 e.